The molecule has 2 aromatic heterocycles. The molecule has 2 aromatic carbocycles. The maximum atomic E-state index is 12.5. The van der Waals surface area contributed by atoms with Crippen LogP contribution in [0.2, 0.25) is 5.02 Å². The molecule has 0 bridgehead atoms. The van der Waals surface area contributed by atoms with Gasteiger partial charge >= 0.3 is 0 Å². The maximum Gasteiger partial charge on any atom is 0.234 e. The van der Waals surface area contributed by atoms with E-state index in [1.54, 1.807) is 37.7 Å². The zero-order valence-corrected chi connectivity index (χ0v) is 18.1. The van der Waals surface area contributed by atoms with E-state index in [0.29, 0.717) is 27.4 Å². The number of ether oxygens (including phenoxy) is 1. The maximum absolute atomic E-state index is 12.5. The summed E-state index contributed by atoms with van der Waals surface area (Å²) >= 11 is 7.34. The third kappa shape index (κ3) is 5.04. The van der Waals surface area contributed by atoms with Gasteiger partial charge in [-0.3, -0.25) is 14.3 Å². The number of benzene rings is 2. The molecule has 0 unspecified atom stereocenters. The summed E-state index contributed by atoms with van der Waals surface area (Å²) in [5.41, 5.74) is 2.32. The van der Waals surface area contributed by atoms with Crippen molar-refractivity contribution < 1.29 is 9.53 Å². The Kier molecular flexibility index (Phi) is 6.49. The van der Waals surface area contributed by atoms with Crippen molar-refractivity contribution in [2.45, 2.75) is 5.16 Å². The molecule has 156 valence electrons. The second kappa shape index (κ2) is 9.63. The van der Waals surface area contributed by atoms with Crippen LogP contribution in [-0.2, 0) is 4.79 Å². The van der Waals surface area contributed by atoms with Crippen molar-refractivity contribution in [1.82, 2.24) is 19.7 Å². The highest BCUT2D eigenvalue weighted by Gasteiger charge is 2.17. The zero-order valence-electron chi connectivity index (χ0n) is 16.5. The number of nitrogens with zero attached hydrogens (tertiary/aromatic N) is 4. The number of halogens is 1. The highest BCUT2D eigenvalue weighted by molar-refractivity contribution is 7.99. The SMILES string of the molecule is COc1cccc(NC(=O)CSc2nnc(-c3cccnc3)n2-c2ccc(Cl)cc2)c1. The quantitative estimate of drug-likeness (QED) is 0.409. The van der Waals surface area contributed by atoms with Crippen LogP contribution < -0.4 is 10.1 Å². The summed E-state index contributed by atoms with van der Waals surface area (Å²) in [6.07, 6.45) is 3.42. The average Bonchev–Trinajstić information content (AvgIpc) is 3.23. The Morgan fingerprint density at radius 2 is 1.97 bits per heavy atom. The number of rotatable bonds is 7. The lowest BCUT2D eigenvalue weighted by Gasteiger charge is -2.11. The van der Waals surface area contributed by atoms with Gasteiger partial charge in [-0.2, -0.15) is 0 Å². The van der Waals surface area contributed by atoms with Crippen molar-refractivity contribution in [3.8, 4) is 22.8 Å². The lowest BCUT2D eigenvalue weighted by atomic mass is 10.2. The molecule has 0 saturated carbocycles. The van der Waals surface area contributed by atoms with Crippen LogP contribution in [0.4, 0.5) is 5.69 Å². The van der Waals surface area contributed by atoms with Gasteiger partial charge in [-0.25, -0.2) is 0 Å². The first-order valence-corrected chi connectivity index (χ1v) is 10.7. The van der Waals surface area contributed by atoms with Gasteiger partial charge < -0.3 is 10.1 Å². The predicted octanol–water partition coefficient (Wildman–Crippen LogP) is 4.72. The van der Waals surface area contributed by atoms with E-state index >= 15 is 0 Å². The van der Waals surface area contributed by atoms with Crippen molar-refractivity contribution in [2.24, 2.45) is 0 Å². The van der Waals surface area contributed by atoms with Gasteiger partial charge in [0.15, 0.2) is 11.0 Å². The number of carbonyl (C=O) groups excluding carboxylic acids is 1. The van der Waals surface area contributed by atoms with E-state index in [1.165, 1.54) is 11.8 Å². The third-order valence-electron chi connectivity index (χ3n) is 4.32. The summed E-state index contributed by atoms with van der Waals surface area (Å²) < 4.78 is 7.08. The first-order chi connectivity index (χ1) is 15.1. The summed E-state index contributed by atoms with van der Waals surface area (Å²) in [5.74, 6) is 1.31. The molecule has 0 spiro atoms. The summed E-state index contributed by atoms with van der Waals surface area (Å²) in [7, 11) is 1.58. The molecule has 7 nitrogen and oxygen atoms in total. The smallest absolute Gasteiger partial charge is 0.234 e. The molecule has 0 aliphatic heterocycles. The fourth-order valence-corrected chi connectivity index (χ4v) is 3.77. The normalized spacial score (nSPS) is 10.6. The minimum absolute atomic E-state index is 0.160. The molecule has 0 radical (unpaired) electrons. The van der Waals surface area contributed by atoms with E-state index in [0.717, 1.165) is 11.3 Å². The van der Waals surface area contributed by atoms with Crippen LogP contribution in [0.25, 0.3) is 17.1 Å². The van der Waals surface area contributed by atoms with Crippen LogP contribution in [0.3, 0.4) is 0 Å². The Hall–Kier alpha value is -3.36. The number of carbonyl (C=O) groups is 1. The highest BCUT2D eigenvalue weighted by Crippen LogP contribution is 2.28. The van der Waals surface area contributed by atoms with Gasteiger partial charge in [-0.15, -0.1) is 10.2 Å². The fraction of sp³-hybridized carbons (Fsp3) is 0.0909. The number of aromatic nitrogens is 4. The Morgan fingerprint density at radius 1 is 1.13 bits per heavy atom. The largest absolute Gasteiger partial charge is 0.497 e. The lowest BCUT2D eigenvalue weighted by molar-refractivity contribution is -0.113. The Balaban J connectivity index is 1.57. The number of hydrogen-bond acceptors (Lipinski definition) is 6. The molecule has 0 fully saturated rings. The van der Waals surface area contributed by atoms with Crippen molar-refractivity contribution in [1.29, 1.82) is 0 Å². The molecule has 9 heteroatoms. The van der Waals surface area contributed by atoms with Gasteiger partial charge in [0.25, 0.3) is 0 Å². The zero-order chi connectivity index (χ0) is 21.6. The molecule has 4 aromatic rings. The highest BCUT2D eigenvalue weighted by atomic mass is 35.5. The lowest BCUT2D eigenvalue weighted by Crippen LogP contribution is -2.14. The number of hydrogen-bond donors (Lipinski definition) is 1. The van der Waals surface area contributed by atoms with Gasteiger partial charge in [0.2, 0.25) is 5.91 Å². The molecule has 31 heavy (non-hydrogen) atoms. The van der Waals surface area contributed by atoms with Crippen molar-refractivity contribution >= 4 is 35.0 Å². The number of pyridine rings is 1. The van der Waals surface area contributed by atoms with Crippen LogP contribution >= 0.6 is 23.4 Å². The molecule has 1 N–H and O–H groups in total. The van der Waals surface area contributed by atoms with Crippen LogP contribution in [0.5, 0.6) is 5.75 Å². The molecule has 0 atom stereocenters. The Bertz CT molecular complexity index is 1180. The van der Waals surface area contributed by atoms with E-state index in [9.17, 15) is 4.79 Å². The number of nitrogens with one attached hydrogen (secondary N) is 1. The molecule has 0 aliphatic carbocycles. The Morgan fingerprint density at radius 3 is 2.71 bits per heavy atom. The van der Waals surface area contributed by atoms with Crippen LogP contribution in [0, 0.1) is 0 Å². The van der Waals surface area contributed by atoms with Gasteiger partial charge in [-0.1, -0.05) is 29.4 Å². The number of methoxy groups -OCH3 is 1. The van der Waals surface area contributed by atoms with Crippen LogP contribution in [-0.4, -0.2) is 38.5 Å². The molecule has 0 aliphatic rings. The first kappa shape index (κ1) is 20.9. The molecule has 4 rings (SSSR count). The van der Waals surface area contributed by atoms with Crippen LogP contribution in [0.1, 0.15) is 0 Å². The van der Waals surface area contributed by atoms with E-state index < -0.39 is 0 Å². The average molecular weight is 452 g/mol. The molecular weight excluding hydrogens is 434 g/mol. The van der Waals surface area contributed by atoms with Gasteiger partial charge in [0, 0.05) is 40.4 Å². The third-order valence-corrected chi connectivity index (χ3v) is 5.50. The molecule has 2 heterocycles. The van der Waals surface area contributed by atoms with Crippen molar-refractivity contribution in [3.63, 3.8) is 0 Å². The van der Waals surface area contributed by atoms with E-state index in [1.807, 2.05) is 47.0 Å². The summed E-state index contributed by atoms with van der Waals surface area (Å²) in [4.78, 5) is 16.7. The van der Waals surface area contributed by atoms with Gasteiger partial charge in [-0.05, 0) is 48.5 Å². The number of amides is 1. The second-order valence-electron chi connectivity index (χ2n) is 6.43. The minimum atomic E-state index is -0.160. The van der Waals surface area contributed by atoms with Gasteiger partial charge in [0.1, 0.15) is 5.75 Å². The number of anilines is 1. The molecule has 1 amide bonds. The second-order valence-corrected chi connectivity index (χ2v) is 7.81. The van der Waals surface area contributed by atoms with Crippen molar-refractivity contribution in [3.05, 3.63) is 78.1 Å². The van der Waals surface area contributed by atoms with Crippen molar-refractivity contribution in [2.75, 3.05) is 18.2 Å². The number of thioether (sulfide) groups is 1. The first-order valence-electron chi connectivity index (χ1n) is 9.32. The standard InChI is InChI=1S/C22H18ClN5O2S/c1-30-19-6-2-5-17(12-19)25-20(29)14-31-22-27-26-21(15-4-3-11-24-13-15)28(22)18-9-7-16(23)8-10-18/h2-13H,14H2,1H3,(H,25,29). The van der Waals surface area contributed by atoms with Crippen LogP contribution in [0.15, 0.2) is 78.2 Å². The summed E-state index contributed by atoms with van der Waals surface area (Å²) in [6, 6.07) is 18.3. The topological polar surface area (TPSA) is 81.9 Å². The minimum Gasteiger partial charge on any atom is -0.497 e. The van der Waals surface area contributed by atoms with E-state index in [4.69, 9.17) is 16.3 Å². The fourth-order valence-electron chi connectivity index (χ4n) is 2.90. The van der Waals surface area contributed by atoms with Gasteiger partial charge in [0.05, 0.1) is 12.9 Å². The van der Waals surface area contributed by atoms with E-state index in [-0.39, 0.29) is 11.7 Å². The Labute approximate surface area is 188 Å². The summed E-state index contributed by atoms with van der Waals surface area (Å²) in [6.45, 7) is 0. The summed E-state index contributed by atoms with van der Waals surface area (Å²) in [5, 5.41) is 12.7. The molecule has 0 saturated heterocycles. The van der Waals surface area contributed by atoms with E-state index in [2.05, 4.69) is 20.5 Å². The predicted molar refractivity (Wildman–Crippen MR) is 122 cm³/mol. The monoisotopic (exact) mass is 451 g/mol. The molecular formula is C22H18ClN5O2S.